The third-order valence-corrected chi connectivity index (χ3v) is 2.62. The molecule has 0 bridgehead atoms. The van der Waals surface area contributed by atoms with Gasteiger partial charge < -0.3 is 10.3 Å². The summed E-state index contributed by atoms with van der Waals surface area (Å²) in [5.74, 6) is 0.717. The quantitative estimate of drug-likeness (QED) is 0.687. The summed E-state index contributed by atoms with van der Waals surface area (Å²) in [6.45, 7) is 0. The van der Waals surface area contributed by atoms with E-state index in [0.717, 1.165) is 22.4 Å². The molecule has 0 unspecified atom stereocenters. The first-order valence-corrected chi connectivity index (χ1v) is 5.48. The molecule has 2 aromatic heterocycles. The minimum atomic E-state index is 0.646. The summed E-state index contributed by atoms with van der Waals surface area (Å²) in [6.07, 6.45) is 2.37. The summed E-state index contributed by atoms with van der Waals surface area (Å²) in [6, 6.07) is 11.2. The van der Waals surface area contributed by atoms with Crippen LogP contribution >= 0.6 is 0 Å². The lowest BCUT2D eigenvalue weighted by Gasteiger charge is -1.95. The molecule has 0 saturated carbocycles. The van der Waals surface area contributed by atoms with Crippen molar-refractivity contribution in [3.63, 3.8) is 0 Å². The van der Waals surface area contributed by atoms with Crippen molar-refractivity contribution in [2.75, 3.05) is 5.32 Å². The Kier molecular flexibility index (Phi) is 2.49. The molecule has 2 N–H and O–H groups in total. The largest absolute Gasteiger partial charge is 0.337 e. The van der Waals surface area contributed by atoms with Crippen molar-refractivity contribution < 1.29 is 4.79 Å². The molecule has 88 valence electrons. The summed E-state index contributed by atoms with van der Waals surface area (Å²) in [4.78, 5) is 22.3. The topological polar surface area (TPSA) is 70.7 Å². The van der Waals surface area contributed by atoms with E-state index in [-0.39, 0.29) is 0 Å². The number of nitrogens with zero attached hydrogens (tertiary/aromatic N) is 2. The zero-order chi connectivity index (χ0) is 12.4. The molecule has 0 atom stereocenters. The van der Waals surface area contributed by atoms with Gasteiger partial charge in [-0.1, -0.05) is 6.07 Å². The molecule has 1 aromatic carbocycles. The van der Waals surface area contributed by atoms with Gasteiger partial charge in [0.1, 0.15) is 5.69 Å². The first-order valence-electron chi connectivity index (χ1n) is 5.48. The summed E-state index contributed by atoms with van der Waals surface area (Å²) in [7, 11) is 0. The standard InChI is InChI=1S/C13H10N4O/c18-8-15-9-4-5-10-12(7-9)17-13(16-10)11-3-1-2-6-14-11/h1-8H,(H,15,18)(H,16,17). The number of pyridine rings is 1. The van der Waals surface area contributed by atoms with Gasteiger partial charge in [-0.05, 0) is 30.3 Å². The van der Waals surface area contributed by atoms with Crippen LogP contribution in [0.3, 0.4) is 0 Å². The Labute approximate surface area is 103 Å². The lowest BCUT2D eigenvalue weighted by molar-refractivity contribution is -0.105. The lowest BCUT2D eigenvalue weighted by atomic mass is 10.3. The van der Waals surface area contributed by atoms with E-state index in [1.165, 1.54) is 0 Å². The molecule has 0 spiro atoms. The van der Waals surface area contributed by atoms with E-state index in [1.807, 2.05) is 36.4 Å². The third kappa shape index (κ3) is 1.82. The molecule has 0 aliphatic rings. The molecule has 3 aromatic rings. The molecular weight excluding hydrogens is 228 g/mol. The number of hydrogen-bond donors (Lipinski definition) is 2. The molecule has 1 amide bonds. The van der Waals surface area contributed by atoms with E-state index in [4.69, 9.17) is 0 Å². The first-order chi connectivity index (χ1) is 8.86. The number of nitrogens with one attached hydrogen (secondary N) is 2. The van der Waals surface area contributed by atoms with Crippen molar-refractivity contribution in [1.82, 2.24) is 15.0 Å². The minimum Gasteiger partial charge on any atom is -0.337 e. The molecule has 2 heterocycles. The van der Waals surface area contributed by atoms with Gasteiger partial charge in [-0.3, -0.25) is 9.78 Å². The highest BCUT2D eigenvalue weighted by Gasteiger charge is 2.06. The second kappa shape index (κ2) is 4.29. The molecule has 0 radical (unpaired) electrons. The van der Waals surface area contributed by atoms with Gasteiger partial charge in [0.05, 0.1) is 11.0 Å². The van der Waals surface area contributed by atoms with E-state index < -0.39 is 0 Å². The van der Waals surface area contributed by atoms with Crippen molar-refractivity contribution in [3.05, 3.63) is 42.6 Å². The maximum absolute atomic E-state index is 10.4. The maximum Gasteiger partial charge on any atom is 0.211 e. The first kappa shape index (κ1) is 10.5. The Hall–Kier alpha value is -2.69. The second-order valence-electron chi connectivity index (χ2n) is 3.79. The monoisotopic (exact) mass is 238 g/mol. The molecule has 5 heteroatoms. The van der Waals surface area contributed by atoms with E-state index in [1.54, 1.807) is 6.20 Å². The average molecular weight is 238 g/mol. The van der Waals surface area contributed by atoms with Crippen molar-refractivity contribution in [1.29, 1.82) is 0 Å². The normalized spacial score (nSPS) is 10.4. The van der Waals surface area contributed by atoms with Gasteiger partial charge in [0.2, 0.25) is 6.41 Å². The van der Waals surface area contributed by atoms with Crippen LogP contribution in [0.25, 0.3) is 22.6 Å². The highest BCUT2D eigenvalue weighted by Crippen LogP contribution is 2.21. The van der Waals surface area contributed by atoms with Crippen LogP contribution in [0.2, 0.25) is 0 Å². The molecule has 5 nitrogen and oxygen atoms in total. The van der Waals surface area contributed by atoms with E-state index in [9.17, 15) is 4.79 Å². The number of aromatic amines is 1. The number of rotatable bonds is 3. The second-order valence-corrected chi connectivity index (χ2v) is 3.79. The Balaban J connectivity index is 2.08. The molecule has 0 aliphatic heterocycles. The number of aromatic nitrogens is 3. The number of carbonyl (C=O) groups is 1. The lowest BCUT2D eigenvalue weighted by Crippen LogP contribution is -1.92. The van der Waals surface area contributed by atoms with Crippen LogP contribution in [0.15, 0.2) is 42.6 Å². The molecule has 3 rings (SSSR count). The number of fused-ring (bicyclic) bond motifs is 1. The number of anilines is 1. The highest BCUT2D eigenvalue weighted by molar-refractivity contribution is 5.84. The molecule has 0 saturated heterocycles. The van der Waals surface area contributed by atoms with Crippen LogP contribution in [0.4, 0.5) is 5.69 Å². The van der Waals surface area contributed by atoms with Crippen molar-refractivity contribution >= 4 is 23.1 Å². The Morgan fingerprint density at radius 2 is 2.17 bits per heavy atom. The summed E-state index contributed by atoms with van der Waals surface area (Å²) in [5.41, 5.74) is 3.21. The van der Waals surface area contributed by atoms with Crippen LogP contribution in [-0.2, 0) is 4.79 Å². The summed E-state index contributed by atoms with van der Waals surface area (Å²) in [5, 5.41) is 2.60. The van der Waals surface area contributed by atoms with Crippen molar-refractivity contribution in [2.45, 2.75) is 0 Å². The van der Waals surface area contributed by atoms with Gasteiger partial charge in [0.15, 0.2) is 5.82 Å². The van der Waals surface area contributed by atoms with Gasteiger partial charge in [-0.15, -0.1) is 0 Å². The zero-order valence-corrected chi connectivity index (χ0v) is 9.42. The Morgan fingerprint density at radius 1 is 1.22 bits per heavy atom. The van der Waals surface area contributed by atoms with Crippen LogP contribution in [-0.4, -0.2) is 21.4 Å². The molecule has 18 heavy (non-hydrogen) atoms. The summed E-state index contributed by atoms with van der Waals surface area (Å²) < 4.78 is 0. The maximum atomic E-state index is 10.4. The molecular formula is C13H10N4O. The van der Waals surface area contributed by atoms with E-state index in [0.29, 0.717) is 12.2 Å². The SMILES string of the molecule is O=CNc1ccc2[nH]c(-c3ccccn3)nc2c1. The minimum absolute atomic E-state index is 0.646. The number of hydrogen-bond acceptors (Lipinski definition) is 3. The van der Waals surface area contributed by atoms with Crippen LogP contribution in [0, 0.1) is 0 Å². The number of imidazole rings is 1. The fourth-order valence-electron chi connectivity index (χ4n) is 1.79. The van der Waals surface area contributed by atoms with Crippen LogP contribution in [0.5, 0.6) is 0 Å². The zero-order valence-electron chi connectivity index (χ0n) is 9.42. The predicted octanol–water partition coefficient (Wildman–Crippen LogP) is 2.19. The van der Waals surface area contributed by atoms with Crippen LogP contribution < -0.4 is 5.32 Å². The van der Waals surface area contributed by atoms with E-state index >= 15 is 0 Å². The molecule has 0 aliphatic carbocycles. The van der Waals surface area contributed by atoms with Gasteiger partial charge in [-0.25, -0.2) is 4.98 Å². The predicted molar refractivity (Wildman–Crippen MR) is 69.0 cm³/mol. The average Bonchev–Trinajstić information content (AvgIpc) is 2.83. The number of amides is 1. The van der Waals surface area contributed by atoms with Gasteiger partial charge >= 0.3 is 0 Å². The third-order valence-electron chi connectivity index (χ3n) is 2.62. The molecule has 0 fully saturated rings. The highest BCUT2D eigenvalue weighted by atomic mass is 16.1. The fourth-order valence-corrected chi connectivity index (χ4v) is 1.79. The van der Waals surface area contributed by atoms with Gasteiger partial charge in [-0.2, -0.15) is 0 Å². The number of benzene rings is 1. The number of H-pyrrole nitrogens is 1. The van der Waals surface area contributed by atoms with Crippen molar-refractivity contribution in [3.8, 4) is 11.5 Å². The van der Waals surface area contributed by atoms with E-state index in [2.05, 4.69) is 20.3 Å². The summed E-state index contributed by atoms with van der Waals surface area (Å²) >= 11 is 0. The van der Waals surface area contributed by atoms with Crippen LogP contribution in [0.1, 0.15) is 0 Å². The fraction of sp³-hybridized carbons (Fsp3) is 0. The van der Waals surface area contributed by atoms with Gasteiger partial charge in [0, 0.05) is 11.9 Å². The Morgan fingerprint density at radius 3 is 2.94 bits per heavy atom. The smallest absolute Gasteiger partial charge is 0.211 e. The van der Waals surface area contributed by atoms with Gasteiger partial charge in [0.25, 0.3) is 0 Å². The number of carbonyl (C=O) groups excluding carboxylic acids is 1. The van der Waals surface area contributed by atoms with Crippen molar-refractivity contribution in [2.24, 2.45) is 0 Å². The Bertz CT molecular complexity index is 691.